The largest absolute Gasteiger partial charge is 0.346 e. The number of fused-ring (bicyclic) bond motifs is 3. The van der Waals surface area contributed by atoms with Gasteiger partial charge in [-0.15, -0.1) is 0 Å². The number of allylic oxidation sites excluding steroid dienone is 3. The molecule has 0 unspecified atom stereocenters. The van der Waals surface area contributed by atoms with Crippen molar-refractivity contribution in [3.8, 4) is 11.1 Å². The third-order valence-electron chi connectivity index (χ3n) is 9.59. The zero-order valence-corrected chi connectivity index (χ0v) is 28.0. The number of anilines is 2. The molecule has 0 bridgehead atoms. The summed E-state index contributed by atoms with van der Waals surface area (Å²) in [6.07, 6.45) is 12.5. The number of likely N-dealkylation sites (tertiary alicyclic amines) is 1. The van der Waals surface area contributed by atoms with E-state index in [1.54, 1.807) is 4.90 Å². The van der Waals surface area contributed by atoms with Crippen LogP contribution >= 0.6 is 0 Å². The molecular weight excluding hydrogens is 578 g/mol. The van der Waals surface area contributed by atoms with E-state index in [2.05, 4.69) is 48.7 Å². The van der Waals surface area contributed by atoms with E-state index < -0.39 is 11.8 Å². The number of rotatable bonds is 12. The number of amides is 3. The Morgan fingerprint density at radius 2 is 1.50 bits per heavy atom. The van der Waals surface area contributed by atoms with Crippen LogP contribution in [-0.2, 0) is 29.3 Å². The van der Waals surface area contributed by atoms with Crippen molar-refractivity contribution in [2.24, 2.45) is 0 Å². The second-order valence-corrected chi connectivity index (χ2v) is 13.0. The van der Waals surface area contributed by atoms with E-state index in [4.69, 9.17) is 9.47 Å². The molecule has 0 saturated carbocycles. The van der Waals surface area contributed by atoms with Gasteiger partial charge in [0.15, 0.2) is 5.79 Å². The summed E-state index contributed by atoms with van der Waals surface area (Å²) < 4.78 is 11.9. The fraction of sp³-hybridized carbons (Fsp3) is 0.500. The van der Waals surface area contributed by atoms with E-state index in [0.29, 0.717) is 25.3 Å². The predicted octanol–water partition coefficient (Wildman–Crippen LogP) is 7.49. The summed E-state index contributed by atoms with van der Waals surface area (Å²) in [5.74, 6) is -1.39. The van der Waals surface area contributed by atoms with Crippen molar-refractivity contribution in [2.45, 2.75) is 103 Å². The Hall–Kier alpha value is -3.75. The molecule has 2 aromatic rings. The average molecular weight is 628 g/mol. The number of nitrogens with one attached hydrogen (secondary N) is 2. The van der Waals surface area contributed by atoms with Crippen LogP contribution in [-0.4, -0.2) is 54.2 Å². The lowest BCUT2D eigenvalue weighted by molar-refractivity contribution is -0.152. The van der Waals surface area contributed by atoms with E-state index in [-0.39, 0.29) is 36.1 Å². The van der Waals surface area contributed by atoms with Gasteiger partial charge in [0.1, 0.15) is 6.04 Å². The molecule has 3 amide bonds. The van der Waals surface area contributed by atoms with Gasteiger partial charge in [0.2, 0.25) is 17.7 Å². The van der Waals surface area contributed by atoms with Gasteiger partial charge in [-0.25, -0.2) is 0 Å². The van der Waals surface area contributed by atoms with Gasteiger partial charge >= 0.3 is 0 Å². The maximum atomic E-state index is 14.0. The quantitative estimate of drug-likeness (QED) is 0.238. The third kappa shape index (κ3) is 6.83. The first kappa shape index (κ1) is 33.6. The fourth-order valence-electron chi connectivity index (χ4n) is 7.40. The van der Waals surface area contributed by atoms with E-state index in [9.17, 15) is 14.4 Å². The molecule has 2 N–H and O–H groups in total. The van der Waals surface area contributed by atoms with Crippen molar-refractivity contribution >= 4 is 29.1 Å². The molecule has 2 heterocycles. The van der Waals surface area contributed by atoms with E-state index in [0.717, 1.165) is 49.8 Å². The lowest BCUT2D eigenvalue weighted by Gasteiger charge is -2.33. The second-order valence-electron chi connectivity index (χ2n) is 13.0. The molecule has 0 aromatic heterocycles. The van der Waals surface area contributed by atoms with Crippen LogP contribution in [0.3, 0.4) is 0 Å². The van der Waals surface area contributed by atoms with Crippen LogP contribution in [0.4, 0.5) is 11.4 Å². The van der Waals surface area contributed by atoms with E-state index in [1.807, 2.05) is 44.2 Å². The first-order chi connectivity index (χ1) is 22.1. The smallest absolute Gasteiger partial charge is 0.247 e. The van der Waals surface area contributed by atoms with Crippen molar-refractivity contribution in [2.75, 3.05) is 30.4 Å². The Morgan fingerprint density at radius 3 is 2.04 bits per heavy atom. The minimum Gasteiger partial charge on any atom is -0.346 e. The number of hydrogen-bond acceptors (Lipinski definition) is 5. The second kappa shape index (κ2) is 14.3. The Labute approximate surface area is 273 Å². The molecule has 2 saturated heterocycles. The van der Waals surface area contributed by atoms with Gasteiger partial charge in [-0.3, -0.25) is 14.4 Å². The van der Waals surface area contributed by atoms with Crippen molar-refractivity contribution in [3.63, 3.8) is 0 Å². The first-order valence-corrected chi connectivity index (χ1v) is 16.9. The molecule has 2 aromatic carbocycles. The number of benzene rings is 2. The van der Waals surface area contributed by atoms with Crippen LogP contribution in [0, 0.1) is 0 Å². The highest BCUT2D eigenvalue weighted by molar-refractivity contribution is 5.99. The minimum atomic E-state index is -0.945. The molecule has 3 aliphatic rings. The summed E-state index contributed by atoms with van der Waals surface area (Å²) in [6.45, 7) is 10.9. The molecule has 46 heavy (non-hydrogen) atoms. The highest BCUT2D eigenvalue weighted by atomic mass is 16.7. The monoisotopic (exact) mass is 627 g/mol. The van der Waals surface area contributed by atoms with Crippen LogP contribution in [0.1, 0.15) is 97.1 Å². The van der Waals surface area contributed by atoms with Gasteiger partial charge < -0.3 is 25.0 Å². The van der Waals surface area contributed by atoms with Gasteiger partial charge in [-0.05, 0) is 73.2 Å². The predicted molar refractivity (Wildman–Crippen MR) is 183 cm³/mol. The normalized spacial score (nSPS) is 19.5. The van der Waals surface area contributed by atoms with Crippen molar-refractivity contribution in [1.29, 1.82) is 0 Å². The molecule has 1 spiro atoms. The molecule has 5 rings (SSSR count). The summed E-state index contributed by atoms with van der Waals surface area (Å²) in [4.78, 5) is 41.1. The van der Waals surface area contributed by atoms with Gasteiger partial charge in [0, 0.05) is 36.6 Å². The number of nitrogens with zero attached hydrogens (tertiary/aromatic N) is 1. The number of ether oxygens (including phenoxy) is 2. The van der Waals surface area contributed by atoms with Gasteiger partial charge in [-0.2, -0.15) is 0 Å². The number of unbranched alkanes of at least 4 members (excludes halogenated alkanes) is 2. The first-order valence-electron chi connectivity index (χ1n) is 16.9. The van der Waals surface area contributed by atoms with Gasteiger partial charge in [0.25, 0.3) is 0 Å². The third-order valence-corrected chi connectivity index (χ3v) is 9.59. The summed E-state index contributed by atoms with van der Waals surface area (Å²) in [5, 5.41) is 6.16. The topological polar surface area (TPSA) is 97.0 Å². The number of carbonyl (C=O) groups is 3. The Morgan fingerprint density at radius 1 is 0.913 bits per heavy atom. The standard InChI is InChI=1S/C38H49N3O5/c1-6-9-12-26(4)21-35(43)41-25-38(45-19-20-46-38)24-34(41)36(44)40-29-14-16-31-30-15-13-28(39-27(5)42)22-32(30)37(17-10-7-2,18-11-8-3)33(31)23-29/h6,9,12-16,22-23,34H,7-8,10-11,17-21,24-25H2,1-5H3,(H,39,42)(H,40,44)/b9-6-,26-12+/t34-/m0/s1. The molecule has 2 fully saturated rings. The minimum absolute atomic E-state index is 0.0909. The van der Waals surface area contributed by atoms with Crippen molar-refractivity contribution in [3.05, 3.63) is 71.3 Å². The van der Waals surface area contributed by atoms with Crippen molar-refractivity contribution < 1.29 is 23.9 Å². The average Bonchev–Trinajstić information content (AvgIpc) is 3.73. The summed E-state index contributed by atoms with van der Waals surface area (Å²) in [6, 6.07) is 11.7. The van der Waals surface area contributed by atoms with E-state index >= 15 is 0 Å². The number of hydrogen-bond donors (Lipinski definition) is 2. The lowest BCUT2D eigenvalue weighted by Crippen LogP contribution is -2.43. The highest BCUT2D eigenvalue weighted by Crippen LogP contribution is 2.55. The Balaban J connectivity index is 1.47. The molecule has 0 radical (unpaired) electrons. The van der Waals surface area contributed by atoms with Crippen LogP contribution < -0.4 is 10.6 Å². The fourth-order valence-corrected chi connectivity index (χ4v) is 7.40. The molecule has 246 valence electrons. The SMILES string of the molecule is C/C=C\C=C(/C)CC(=O)N1CC2(C[C@H]1C(=O)Nc1ccc3c(c1)C(CCCC)(CCCC)c1cc(NC(C)=O)ccc1-3)OCCO2. The Kier molecular flexibility index (Phi) is 10.5. The molecular formula is C38H49N3O5. The zero-order chi connectivity index (χ0) is 32.9. The zero-order valence-electron chi connectivity index (χ0n) is 28.0. The summed E-state index contributed by atoms with van der Waals surface area (Å²) >= 11 is 0. The highest BCUT2D eigenvalue weighted by Gasteiger charge is 2.52. The van der Waals surface area contributed by atoms with E-state index in [1.165, 1.54) is 29.2 Å². The number of carbonyl (C=O) groups excluding carboxylic acids is 3. The summed E-state index contributed by atoms with van der Waals surface area (Å²) in [5.41, 5.74) is 7.01. The van der Waals surface area contributed by atoms with Crippen LogP contribution in [0.2, 0.25) is 0 Å². The molecule has 2 aliphatic heterocycles. The van der Waals surface area contributed by atoms with Crippen LogP contribution in [0.15, 0.2) is 60.2 Å². The van der Waals surface area contributed by atoms with Gasteiger partial charge in [0.05, 0.1) is 19.8 Å². The molecule has 1 atom stereocenters. The van der Waals surface area contributed by atoms with Gasteiger partial charge in [-0.1, -0.05) is 75.5 Å². The molecule has 1 aliphatic carbocycles. The molecule has 8 nitrogen and oxygen atoms in total. The van der Waals surface area contributed by atoms with Crippen molar-refractivity contribution in [1.82, 2.24) is 4.90 Å². The molecule has 8 heteroatoms. The summed E-state index contributed by atoms with van der Waals surface area (Å²) in [7, 11) is 0. The Bertz CT molecular complexity index is 1510. The maximum absolute atomic E-state index is 14.0. The lowest BCUT2D eigenvalue weighted by atomic mass is 9.70. The van der Waals surface area contributed by atoms with Crippen LogP contribution in [0.25, 0.3) is 11.1 Å². The maximum Gasteiger partial charge on any atom is 0.247 e. The van der Waals surface area contributed by atoms with Crippen LogP contribution in [0.5, 0.6) is 0 Å².